The third kappa shape index (κ3) is 3.82. The van der Waals surface area contributed by atoms with Crippen LogP contribution in [-0.2, 0) is 11.4 Å². The minimum absolute atomic E-state index is 0.119. The highest BCUT2D eigenvalue weighted by atomic mass is 16.5. The molecule has 5 heteroatoms. The highest BCUT2D eigenvalue weighted by Gasteiger charge is 2.38. The predicted octanol–water partition coefficient (Wildman–Crippen LogP) is 3.20. The van der Waals surface area contributed by atoms with Gasteiger partial charge in [0.25, 0.3) is 5.91 Å². The van der Waals surface area contributed by atoms with E-state index in [-0.39, 0.29) is 11.9 Å². The van der Waals surface area contributed by atoms with Gasteiger partial charge in [-0.3, -0.25) is 9.59 Å². The molecule has 1 aliphatic rings. The molecular formula is C20H21NO4. The molecule has 0 radical (unpaired) electrons. The lowest BCUT2D eigenvalue weighted by molar-refractivity contribution is -0.142. The van der Waals surface area contributed by atoms with Gasteiger partial charge in [-0.05, 0) is 43.2 Å². The van der Waals surface area contributed by atoms with E-state index in [0.717, 1.165) is 11.3 Å². The van der Waals surface area contributed by atoms with Crippen LogP contribution in [0, 0.1) is 5.92 Å². The van der Waals surface area contributed by atoms with Crippen molar-refractivity contribution in [3.05, 3.63) is 65.7 Å². The van der Waals surface area contributed by atoms with Crippen LogP contribution in [-0.4, -0.2) is 34.5 Å². The van der Waals surface area contributed by atoms with E-state index in [1.807, 2.05) is 42.5 Å². The van der Waals surface area contributed by atoms with Gasteiger partial charge in [0.15, 0.2) is 0 Å². The smallest absolute Gasteiger partial charge is 0.308 e. The Morgan fingerprint density at radius 1 is 1.12 bits per heavy atom. The Morgan fingerprint density at radius 2 is 1.80 bits per heavy atom. The number of amides is 1. The maximum absolute atomic E-state index is 12.6. The van der Waals surface area contributed by atoms with Gasteiger partial charge >= 0.3 is 5.97 Å². The summed E-state index contributed by atoms with van der Waals surface area (Å²) in [6.07, 6.45) is 0.505. The fraction of sp³-hybridized carbons (Fsp3) is 0.300. The Bertz CT molecular complexity index is 742. The summed E-state index contributed by atoms with van der Waals surface area (Å²) in [5.74, 6) is -0.640. The molecular weight excluding hydrogens is 318 g/mol. The molecule has 0 aromatic heterocycles. The van der Waals surface area contributed by atoms with Crippen molar-refractivity contribution in [3.8, 4) is 5.75 Å². The molecule has 0 bridgehead atoms. The number of carboxylic acids is 1. The number of carboxylic acid groups (broad SMARTS) is 1. The maximum Gasteiger partial charge on any atom is 0.308 e. The van der Waals surface area contributed by atoms with E-state index in [1.165, 1.54) is 0 Å². The second-order valence-corrected chi connectivity index (χ2v) is 6.27. The summed E-state index contributed by atoms with van der Waals surface area (Å²) < 4.78 is 5.69. The Morgan fingerprint density at radius 3 is 2.40 bits per heavy atom. The number of likely N-dealkylation sites (tertiary alicyclic amines) is 1. The minimum atomic E-state index is -0.837. The Labute approximate surface area is 146 Å². The van der Waals surface area contributed by atoms with E-state index in [9.17, 15) is 14.7 Å². The monoisotopic (exact) mass is 339 g/mol. The molecule has 1 amide bonds. The fourth-order valence-electron chi connectivity index (χ4n) is 3.15. The van der Waals surface area contributed by atoms with E-state index in [1.54, 1.807) is 24.0 Å². The van der Waals surface area contributed by atoms with Crippen molar-refractivity contribution in [2.75, 3.05) is 6.54 Å². The van der Waals surface area contributed by atoms with Crippen LogP contribution in [0.1, 0.15) is 29.3 Å². The summed E-state index contributed by atoms with van der Waals surface area (Å²) in [5, 5.41) is 9.19. The maximum atomic E-state index is 12.6. The van der Waals surface area contributed by atoms with Crippen molar-refractivity contribution in [1.82, 2.24) is 4.90 Å². The van der Waals surface area contributed by atoms with E-state index >= 15 is 0 Å². The molecule has 1 fully saturated rings. The largest absolute Gasteiger partial charge is 0.489 e. The third-order valence-corrected chi connectivity index (χ3v) is 4.68. The number of benzene rings is 2. The van der Waals surface area contributed by atoms with Gasteiger partial charge in [-0.25, -0.2) is 0 Å². The zero-order valence-electron chi connectivity index (χ0n) is 14.1. The lowest BCUT2D eigenvalue weighted by Crippen LogP contribution is -2.37. The molecule has 2 aromatic rings. The number of aliphatic carboxylic acids is 1. The number of para-hydroxylation sites is 1. The average molecular weight is 339 g/mol. The summed E-state index contributed by atoms with van der Waals surface area (Å²) >= 11 is 0. The van der Waals surface area contributed by atoms with Crippen LogP contribution in [0.5, 0.6) is 5.75 Å². The molecule has 130 valence electrons. The van der Waals surface area contributed by atoms with Crippen LogP contribution in [0.4, 0.5) is 0 Å². The zero-order valence-corrected chi connectivity index (χ0v) is 14.1. The normalized spacial score (nSPS) is 19.6. The molecule has 1 saturated heterocycles. The first-order chi connectivity index (χ1) is 12.1. The molecule has 1 N–H and O–H groups in total. The van der Waals surface area contributed by atoms with Crippen molar-refractivity contribution in [1.29, 1.82) is 0 Å². The fourth-order valence-corrected chi connectivity index (χ4v) is 3.15. The number of rotatable bonds is 5. The molecule has 0 spiro atoms. The van der Waals surface area contributed by atoms with Crippen LogP contribution in [0.3, 0.4) is 0 Å². The van der Waals surface area contributed by atoms with Crippen LogP contribution in [0.15, 0.2) is 54.6 Å². The first-order valence-corrected chi connectivity index (χ1v) is 8.37. The molecule has 5 nitrogen and oxygen atoms in total. The summed E-state index contributed by atoms with van der Waals surface area (Å²) in [4.78, 5) is 25.5. The zero-order chi connectivity index (χ0) is 17.8. The summed E-state index contributed by atoms with van der Waals surface area (Å²) in [6, 6.07) is 16.5. The first-order valence-electron chi connectivity index (χ1n) is 8.37. The number of nitrogens with zero attached hydrogens (tertiary/aromatic N) is 1. The SMILES string of the molecule is CC1C(C(=O)O)CCN1C(=O)c1ccc(COc2ccccc2)cc1. The highest BCUT2D eigenvalue weighted by Crippen LogP contribution is 2.26. The van der Waals surface area contributed by atoms with Crippen LogP contribution in [0.2, 0.25) is 0 Å². The Kier molecular flexibility index (Phi) is 5.03. The Hall–Kier alpha value is -2.82. The highest BCUT2D eigenvalue weighted by molar-refractivity contribution is 5.95. The molecule has 2 atom stereocenters. The molecule has 0 aliphatic carbocycles. The summed E-state index contributed by atoms with van der Waals surface area (Å²) in [7, 11) is 0. The number of ether oxygens (including phenoxy) is 1. The van der Waals surface area contributed by atoms with Gasteiger partial charge in [0, 0.05) is 18.2 Å². The summed E-state index contributed by atoms with van der Waals surface area (Å²) in [6.45, 7) is 2.71. The molecule has 0 saturated carbocycles. The second kappa shape index (κ2) is 7.38. The van der Waals surface area contributed by atoms with E-state index in [2.05, 4.69) is 0 Å². The number of carbonyl (C=O) groups excluding carboxylic acids is 1. The molecule has 1 heterocycles. The van der Waals surface area contributed by atoms with Gasteiger partial charge in [-0.2, -0.15) is 0 Å². The van der Waals surface area contributed by atoms with Crippen LogP contribution >= 0.6 is 0 Å². The van der Waals surface area contributed by atoms with Crippen molar-refractivity contribution >= 4 is 11.9 Å². The van der Waals surface area contributed by atoms with E-state index < -0.39 is 11.9 Å². The van der Waals surface area contributed by atoms with Gasteiger partial charge in [0.2, 0.25) is 0 Å². The molecule has 2 aromatic carbocycles. The number of hydrogen-bond donors (Lipinski definition) is 1. The third-order valence-electron chi connectivity index (χ3n) is 4.68. The van der Waals surface area contributed by atoms with Gasteiger partial charge in [0.05, 0.1) is 5.92 Å². The van der Waals surface area contributed by atoms with E-state index in [0.29, 0.717) is 25.1 Å². The van der Waals surface area contributed by atoms with Crippen molar-refractivity contribution in [2.45, 2.75) is 26.0 Å². The standard InChI is InChI=1S/C20H21NO4/c1-14-18(20(23)24)11-12-21(14)19(22)16-9-7-15(8-10-16)13-25-17-5-3-2-4-6-17/h2-10,14,18H,11-13H2,1H3,(H,23,24). The molecule has 2 unspecified atom stereocenters. The topological polar surface area (TPSA) is 66.8 Å². The van der Waals surface area contributed by atoms with Gasteiger partial charge in [0.1, 0.15) is 12.4 Å². The number of carbonyl (C=O) groups is 2. The second-order valence-electron chi connectivity index (χ2n) is 6.27. The molecule has 25 heavy (non-hydrogen) atoms. The quantitative estimate of drug-likeness (QED) is 0.908. The first kappa shape index (κ1) is 17.0. The number of hydrogen-bond acceptors (Lipinski definition) is 3. The van der Waals surface area contributed by atoms with Crippen molar-refractivity contribution in [2.24, 2.45) is 5.92 Å². The average Bonchev–Trinajstić information content (AvgIpc) is 3.02. The van der Waals surface area contributed by atoms with Gasteiger partial charge in [-0.1, -0.05) is 30.3 Å². The van der Waals surface area contributed by atoms with Gasteiger partial charge in [-0.15, -0.1) is 0 Å². The molecule has 1 aliphatic heterocycles. The Balaban J connectivity index is 1.62. The van der Waals surface area contributed by atoms with Gasteiger partial charge < -0.3 is 14.7 Å². The lowest BCUT2D eigenvalue weighted by Gasteiger charge is -2.23. The van der Waals surface area contributed by atoms with E-state index in [4.69, 9.17) is 4.74 Å². The predicted molar refractivity (Wildman–Crippen MR) is 93.5 cm³/mol. The van der Waals surface area contributed by atoms with Crippen molar-refractivity contribution in [3.63, 3.8) is 0 Å². The molecule has 3 rings (SSSR count). The lowest BCUT2D eigenvalue weighted by atomic mass is 10.0. The summed E-state index contributed by atoms with van der Waals surface area (Å²) in [5.41, 5.74) is 1.54. The minimum Gasteiger partial charge on any atom is -0.489 e. The van der Waals surface area contributed by atoms with Crippen LogP contribution in [0.25, 0.3) is 0 Å². The van der Waals surface area contributed by atoms with Crippen LogP contribution < -0.4 is 4.74 Å². The van der Waals surface area contributed by atoms with Crippen molar-refractivity contribution < 1.29 is 19.4 Å².